The van der Waals surface area contributed by atoms with Crippen molar-refractivity contribution < 1.29 is 9.59 Å². The fraction of sp³-hybridized carbons (Fsp3) is 0.400. The minimum Gasteiger partial charge on any atom is -0.368 e. The van der Waals surface area contributed by atoms with Crippen molar-refractivity contribution in [1.82, 2.24) is 14.0 Å². The van der Waals surface area contributed by atoms with Crippen molar-refractivity contribution in [2.24, 2.45) is 5.73 Å². The number of fused-ring (bicyclic) bond motifs is 1. The molecule has 4 rings (SSSR count). The van der Waals surface area contributed by atoms with E-state index in [0.29, 0.717) is 25.3 Å². The second-order valence-electron chi connectivity index (χ2n) is 8.60. The maximum atomic E-state index is 12.9. The zero-order chi connectivity index (χ0) is 23.4. The Balaban J connectivity index is 1.41. The highest BCUT2D eigenvalue weighted by molar-refractivity contribution is 5.90. The predicted molar refractivity (Wildman–Crippen MR) is 129 cm³/mol. The van der Waals surface area contributed by atoms with Crippen LogP contribution in [0.5, 0.6) is 0 Å². The number of hydrogen-bond donors (Lipinski definition) is 2. The fourth-order valence-electron chi connectivity index (χ4n) is 4.68. The maximum Gasteiger partial charge on any atom is 0.329 e. The molecule has 0 bridgehead atoms. The summed E-state index contributed by atoms with van der Waals surface area (Å²) in [7, 11) is 0. The first-order valence-corrected chi connectivity index (χ1v) is 11.6. The summed E-state index contributed by atoms with van der Waals surface area (Å²) < 4.78 is 3.45. The van der Waals surface area contributed by atoms with Gasteiger partial charge in [-0.15, -0.1) is 0 Å². The van der Waals surface area contributed by atoms with Crippen LogP contribution in [0.25, 0.3) is 11.0 Å². The molecular weight excluding hydrogens is 418 g/mol. The predicted octanol–water partition coefficient (Wildman–Crippen LogP) is 2.69. The number of likely N-dealkylation sites (tertiary alicyclic amines) is 1. The number of primary amides is 1. The number of imidazole rings is 1. The van der Waals surface area contributed by atoms with Gasteiger partial charge in [-0.05, 0) is 55.6 Å². The molecule has 0 radical (unpaired) electrons. The van der Waals surface area contributed by atoms with Gasteiger partial charge in [0, 0.05) is 31.7 Å². The van der Waals surface area contributed by atoms with Gasteiger partial charge in [0.1, 0.15) is 0 Å². The van der Waals surface area contributed by atoms with Gasteiger partial charge in [0.2, 0.25) is 11.8 Å². The molecule has 2 aromatic carbocycles. The Morgan fingerprint density at radius 1 is 1.06 bits per heavy atom. The summed E-state index contributed by atoms with van der Waals surface area (Å²) in [6, 6.07) is 15.1. The lowest BCUT2D eigenvalue weighted by molar-refractivity contribution is -0.122. The van der Waals surface area contributed by atoms with E-state index in [0.717, 1.165) is 42.4 Å². The Hall–Kier alpha value is -3.39. The van der Waals surface area contributed by atoms with E-state index in [9.17, 15) is 14.4 Å². The summed E-state index contributed by atoms with van der Waals surface area (Å²) in [5.74, 6) is -0.435. The third-order valence-corrected chi connectivity index (χ3v) is 6.22. The maximum absolute atomic E-state index is 12.9. The molecule has 1 aliphatic rings. The van der Waals surface area contributed by atoms with Crippen LogP contribution < -0.4 is 16.7 Å². The fourth-order valence-corrected chi connectivity index (χ4v) is 4.68. The van der Waals surface area contributed by atoms with E-state index < -0.39 is 0 Å². The summed E-state index contributed by atoms with van der Waals surface area (Å²) in [6.45, 7) is 4.46. The van der Waals surface area contributed by atoms with Crippen LogP contribution in [-0.4, -0.2) is 38.4 Å². The number of carbonyl (C=O) groups excluding carboxylic acids is 2. The van der Waals surface area contributed by atoms with E-state index >= 15 is 0 Å². The van der Waals surface area contributed by atoms with E-state index in [1.54, 1.807) is 9.13 Å². The van der Waals surface area contributed by atoms with Crippen LogP contribution in [0, 0.1) is 0 Å². The number of anilines is 1. The van der Waals surface area contributed by atoms with Gasteiger partial charge in [0.25, 0.3) is 0 Å². The number of benzene rings is 2. The summed E-state index contributed by atoms with van der Waals surface area (Å²) in [4.78, 5) is 39.3. The molecule has 8 nitrogen and oxygen atoms in total. The first-order valence-electron chi connectivity index (χ1n) is 11.6. The highest BCUT2D eigenvalue weighted by Gasteiger charge is 2.28. The van der Waals surface area contributed by atoms with Gasteiger partial charge < -0.3 is 11.1 Å². The van der Waals surface area contributed by atoms with Gasteiger partial charge in [-0.1, -0.05) is 31.2 Å². The molecule has 1 fully saturated rings. The molecule has 0 aliphatic carbocycles. The largest absolute Gasteiger partial charge is 0.368 e. The Bertz CT molecular complexity index is 1210. The number of nitrogens with zero attached hydrogens (tertiary/aromatic N) is 3. The molecule has 0 unspecified atom stereocenters. The molecule has 3 N–H and O–H groups in total. The summed E-state index contributed by atoms with van der Waals surface area (Å²) >= 11 is 0. The molecule has 33 heavy (non-hydrogen) atoms. The minimum absolute atomic E-state index is 0.0811. The first-order chi connectivity index (χ1) is 16.0. The number of amides is 2. The number of carbonyl (C=O) groups is 2. The Morgan fingerprint density at radius 2 is 1.79 bits per heavy atom. The van der Waals surface area contributed by atoms with E-state index in [2.05, 4.69) is 10.2 Å². The molecule has 1 saturated heterocycles. The number of aromatic nitrogens is 2. The zero-order valence-corrected chi connectivity index (χ0v) is 19.0. The monoisotopic (exact) mass is 449 g/mol. The number of nitrogens with two attached hydrogens (primary N) is 1. The molecule has 3 aromatic rings. The van der Waals surface area contributed by atoms with E-state index in [4.69, 9.17) is 5.73 Å². The molecule has 0 saturated carbocycles. The van der Waals surface area contributed by atoms with Crippen LogP contribution >= 0.6 is 0 Å². The first kappa shape index (κ1) is 22.8. The summed E-state index contributed by atoms with van der Waals surface area (Å²) in [5.41, 5.74) is 8.90. The lowest BCUT2D eigenvalue weighted by Gasteiger charge is -2.22. The second-order valence-corrected chi connectivity index (χ2v) is 8.60. The lowest BCUT2D eigenvalue weighted by atomic mass is 10.1. The average Bonchev–Trinajstić information content (AvgIpc) is 3.36. The number of para-hydroxylation sites is 2. The van der Waals surface area contributed by atoms with E-state index in [1.165, 1.54) is 0 Å². The Kier molecular flexibility index (Phi) is 6.93. The quantitative estimate of drug-likeness (QED) is 0.524. The Morgan fingerprint density at radius 3 is 2.48 bits per heavy atom. The van der Waals surface area contributed by atoms with Crippen LogP contribution in [0.15, 0.2) is 53.3 Å². The van der Waals surface area contributed by atoms with Crippen LogP contribution in [0.1, 0.15) is 38.2 Å². The van der Waals surface area contributed by atoms with Gasteiger partial charge in [0.15, 0.2) is 0 Å². The third-order valence-electron chi connectivity index (χ3n) is 6.22. The van der Waals surface area contributed by atoms with Gasteiger partial charge in [-0.25, -0.2) is 4.79 Å². The van der Waals surface area contributed by atoms with Crippen molar-refractivity contribution in [3.63, 3.8) is 0 Å². The zero-order valence-electron chi connectivity index (χ0n) is 19.0. The molecule has 1 aromatic heterocycles. The van der Waals surface area contributed by atoms with Crippen molar-refractivity contribution in [3.8, 4) is 0 Å². The van der Waals surface area contributed by atoms with Gasteiger partial charge >= 0.3 is 5.69 Å². The van der Waals surface area contributed by atoms with Crippen molar-refractivity contribution >= 4 is 28.5 Å². The molecule has 2 amide bonds. The molecule has 174 valence electrons. The second kappa shape index (κ2) is 10.0. The van der Waals surface area contributed by atoms with Gasteiger partial charge in [-0.2, -0.15) is 0 Å². The normalized spacial score (nSPS) is 16.3. The smallest absolute Gasteiger partial charge is 0.329 e. The van der Waals surface area contributed by atoms with Crippen molar-refractivity contribution in [3.05, 3.63) is 64.6 Å². The van der Waals surface area contributed by atoms with Gasteiger partial charge in [-0.3, -0.25) is 23.6 Å². The van der Waals surface area contributed by atoms with Crippen molar-refractivity contribution in [2.75, 3.05) is 11.9 Å². The van der Waals surface area contributed by atoms with Crippen LogP contribution in [-0.2, 0) is 29.2 Å². The number of aryl methyl sites for hydroxylation is 2. The highest BCUT2D eigenvalue weighted by Crippen LogP contribution is 2.21. The molecule has 0 spiro atoms. The average molecular weight is 450 g/mol. The van der Waals surface area contributed by atoms with Crippen LogP contribution in [0.2, 0.25) is 0 Å². The minimum atomic E-state index is -0.285. The topological polar surface area (TPSA) is 102 Å². The molecule has 8 heteroatoms. The summed E-state index contributed by atoms with van der Waals surface area (Å²) in [6.07, 6.45) is 2.81. The summed E-state index contributed by atoms with van der Waals surface area (Å²) in [5, 5.41) is 2.94. The SMILES string of the molecule is CCCn1c(=O)n(CCC(=O)Nc2cccc(CN3CCC[C@H]3C(N)=O)c2)c2ccccc21. The van der Waals surface area contributed by atoms with Crippen molar-refractivity contribution in [1.29, 1.82) is 0 Å². The molecule has 2 heterocycles. The van der Waals surface area contributed by atoms with Crippen LogP contribution in [0.4, 0.5) is 5.69 Å². The molecule has 1 aliphatic heterocycles. The molecular formula is C25H31N5O3. The molecule has 1 atom stereocenters. The number of hydrogen-bond acceptors (Lipinski definition) is 4. The van der Waals surface area contributed by atoms with E-state index in [-0.39, 0.29) is 30.0 Å². The Labute approximate surface area is 193 Å². The van der Waals surface area contributed by atoms with Crippen molar-refractivity contribution in [2.45, 2.75) is 58.3 Å². The van der Waals surface area contributed by atoms with Crippen LogP contribution in [0.3, 0.4) is 0 Å². The lowest BCUT2D eigenvalue weighted by Crippen LogP contribution is -2.39. The number of nitrogens with one attached hydrogen (secondary N) is 1. The van der Waals surface area contributed by atoms with Gasteiger partial charge in [0.05, 0.1) is 17.1 Å². The third kappa shape index (κ3) is 5.01. The highest BCUT2D eigenvalue weighted by atomic mass is 16.2. The van der Waals surface area contributed by atoms with E-state index in [1.807, 2.05) is 55.5 Å². The number of rotatable bonds is 9. The standard InChI is InChI=1S/C25H31N5O3/c1-2-13-29-20-9-3-4-10-21(20)30(25(29)33)15-12-23(31)27-19-8-5-7-18(16-19)17-28-14-6-11-22(28)24(26)32/h3-5,7-10,16,22H,2,6,11-15,17H2,1H3,(H2,26,32)(H,27,31)/t22-/m0/s1.